The summed E-state index contributed by atoms with van der Waals surface area (Å²) >= 11 is 1.62. The second-order valence-electron chi connectivity index (χ2n) is 6.35. The van der Waals surface area contributed by atoms with Crippen molar-refractivity contribution in [3.05, 3.63) is 33.0 Å². The number of fused-ring (bicyclic) bond motifs is 1. The third-order valence-corrected chi connectivity index (χ3v) is 4.68. The number of hydrogen-bond acceptors (Lipinski definition) is 4. The standard InChI is InChI=1S/C16H24N4O2S/c1-10(2)7-8-23-15-17-13-12(20(15)9-11(3)4)14(21)19(6)16(22)18(13)5/h10H,3,7-9H2,1-2,4-6H3. The van der Waals surface area contributed by atoms with Gasteiger partial charge in [-0.25, -0.2) is 9.78 Å². The van der Waals surface area contributed by atoms with E-state index in [2.05, 4.69) is 25.4 Å². The summed E-state index contributed by atoms with van der Waals surface area (Å²) in [4.78, 5) is 29.2. The van der Waals surface area contributed by atoms with Gasteiger partial charge in [0, 0.05) is 26.4 Å². The molecule has 2 rings (SSSR count). The molecule has 0 spiro atoms. The molecule has 0 saturated carbocycles. The number of thioether (sulfide) groups is 1. The van der Waals surface area contributed by atoms with E-state index in [0.29, 0.717) is 23.6 Å². The normalized spacial score (nSPS) is 11.6. The van der Waals surface area contributed by atoms with Crippen LogP contribution in [0.3, 0.4) is 0 Å². The van der Waals surface area contributed by atoms with Crippen molar-refractivity contribution < 1.29 is 0 Å². The van der Waals surface area contributed by atoms with E-state index in [0.717, 1.165) is 27.5 Å². The lowest BCUT2D eigenvalue weighted by Gasteiger charge is -2.09. The Labute approximate surface area is 139 Å². The summed E-state index contributed by atoms with van der Waals surface area (Å²) in [6, 6.07) is 0. The number of aryl methyl sites for hydroxylation is 1. The first-order valence-electron chi connectivity index (χ1n) is 7.67. The van der Waals surface area contributed by atoms with Gasteiger partial charge in [0.05, 0.1) is 0 Å². The molecule has 2 aromatic heterocycles. The average Bonchev–Trinajstić information content (AvgIpc) is 2.81. The fourth-order valence-electron chi connectivity index (χ4n) is 2.34. The Morgan fingerprint density at radius 3 is 2.48 bits per heavy atom. The molecule has 0 fully saturated rings. The third-order valence-electron chi connectivity index (χ3n) is 3.67. The van der Waals surface area contributed by atoms with Crippen LogP contribution in [0, 0.1) is 5.92 Å². The molecule has 0 aliphatic carbocycles. The highest BCUT2D eigenvalue weighted by atomic mass is 32.2. The molecule has 0 aliphatic heterocycles. The summed E-state index contributed by atoms with van der Waals surface area (Å²) in [5.74, 6) is 1.53. The van der Waals surface area contributed by atoms with Gasteiger partial charge in [0.25, 0.3) is 5.56 Å². The predicted octanol–water partition coefficient (Wildman–Crippen LogP) is 2.15. The molecule has 0 N–H and O–H groups in total. The zero-order chi connectivity index (χ0) is 17.3. The van der Waals surface area contributed by atoms with Crippen molar-refractivity contribution in [3.8, 4) is 0 Å². The molecule has 7 heteroatoms. The van der Waals surface area contributed by atoms with E-state index in [4.69, 9.17) is 0 Å². The van der Waals surface area contributed by atoms with Crippen LogP contribution in [0.1, 0.15) is 27.2 Å². The SMILES string of the molecule is C=C(C)Cn1c(SCCC(C)C)nc2c1c(=O)n(C)c(=O)n2C. The van der Waals surface area contributed by atoms with Crippen LogP contribution in [0.2, 0.25) is 0 Å². The van der Waals surface area contributed by atoms with Crippen LogP contribution < -0.4 is 11.2 Å². The number of hydrogen-bond donors (Lipinski definition) is 0. The average molecular weight is 336 g/mol. The molecule has 0 unspecified atom stereocenters. The Bertz CT molecular complexity index is 858. The number of aromatic nitrogens is 4. The smallest absolute Gasteiger partial charge is 0.309 e. The molecule has 23 heavy (non-hydrogen) atoms. The molecule has 0 atom stereocenters. The van der Waals surface area contributed by atoms with Crippen molar-refractivity contribution >= 4 is 22.9 Å². The quantitative estimate of drug-likeness (QED) is 0.599. The molecular formula is C16H24N4O2S. The zero-order valence-corrected chi connectivity index (χ0v) is 15.2. The van der Waals surface area contributed by atoms with Gasteiger partial charge in [-0.3, -0.25) is 13.9 Å². The molecule has 0 aliphatic rings. The number of imidazole rings is 1. The molecule has 2 heterocycles. The Morgan fingerprint density at radius 2 is 1.91 bits per heavy atom. The highest BCUT2D eigenvalue weighted by molar-refractivity contribution is 7.99. The summed E-state index contributed by atoms with van der Waals surface area (Å²) in [6.07, 6.45) is 1.07. The van der Waals surface area contributed by atoms with Crippen molar-refractivity contribution in [2.75, 3.05) is 5.75 Å². The first kappa shape index (κ1) is 17.6. The second kappa shape index (κ2) is 6.78. The van der Waals surface area contributed by atoms with E-state index in [9.17, 15) is 9.59 Å². The molecule has 0 saturated heterocycles. The minimum Gasteiger partial charge on any atom is -0.309 e. The second-order valence-corrected chi connectivity index (χ2v) is 7.41. The highest BCUT2D eigenvalue weighted by Gasteiger charge is 2.19. The Balaban J connectivity index is 2.64. The molecule has 0 aromatic carbocycles. The van der Waals surface area contributed by atoms with E-state index >= 15 is 0 Å². The lowest BCUT2D eigenvalue weighted by molar-refractivity contribution is 0.630. The maximum Gasteiger partial charge on any atom is 0.332 e. The van der Waals surface area contributed by atoms with Crippen LogP contribution in [0.4, 0.5) is 0 Å². The summed E-state index contributed by atoms with van der Waals surface area (Å²) in [6.45, 7) is 10.7. The topological polar surface area (TPSA) is 61.8 Å². The van der Waals surface area contributed by atoms with Crippen molar-refractivity contribution in [2.24, 2.45) is 20.0 Å². The summed E-state index contributed by atoms with van der Waals surface area (Å²) in [7, 11) is 3.14. The number of nitrogens with zero attached hydrogens (tertiary/aromatic N) is 4. The van der Waals surface area contributed by atoms with Gasteiger partial charge >= 0.3 is 5.69 Å². The first-order chi connectivity index (χ1) is 10.7. The molecule has 0 radical (unpaired) electrons. The molecule has 2 aromatic rings. The lowest BCUT2D eigenvalue weighted by Crippen LogP contribution is -2.37. The lowest BCUT2D eigenvalue weighted by atomic mass is 10.2. The first-order valence-corrected chi connectivity index (χ1v) is 8.66. The summed E-state index contributed by atoms with van der Waals surface area (Å²) in [5.41, 5.74) is 1.16. The van der Waals surface area contributed by atoms with Gasteiger partial charge < -0.3 is 4.57 Å². The van der Waals surface area contributed by atoms with Crippen molar-refractivity contribution in [3.63, 3.8) is 0 Å². The van der Waals surface area contributed by atoms with Crippen LogP contribution in [0.5, 0.6) is 0 Å². The fraction of sp³-hybridized carbons (Fsp3) is 0.562. The molecule has 0 amide bonds. The summed E-state index contributed by atoms with van der Waals surface area (Å²) < 4.78 is 4.43. The monoisotopic (exact) mass is 336 g/mol. The fourth-order valence-corrected chi connectivity index (χ4v) is 3.57. The van der Waals surface area contributed by atoms with E-state index in [-0.39, 0.29) is 11.2 Å². The minimum absolute atomic E-state index is 0.312. The van der Waals surface area contributed by atoms with Crippen LogP contribution in [0.25, 0.3) is 11.2 Å². The maximum absolute atomic E-state index is 12.5. The van der Waals surface area contributed by atoms with Gasteiger partial charge in [0.2, 0.25) is 0 Å². The van der Waals surface area contributed by atoms with Crippen LogP contribution in [-0.4, -0.2) is 24.4 Å². The molecule has 126 valence electrons. The van der Waals surface area contributed by atoms with Gasteiger partial charge in [-0.2, -0.15) is 0 Å². The van der Waals surface area contributed by atoms with E-state index in [1.54, 1.807) is 18.8 Å². The van der Waals surface area contributed by atoms with Crippen molar-refractivity contribution in [1.82, 2.24) is 18.7 Å². The Morgan fingerprint density at radius 1 is 1.26 bits per heavy atom. The molecular weight excluding hydrogens is 312 g/mol. The number of allylic oxidation sites excluding steroid dienone is 1. The zero-order valence-electron chi connectivity index (χ0n) is 14.4. The van der Waals surface area contributed by atoms with Crippen LogP contribution >= 0.6 is 11.8 Å². The van der Waals surface area contributed by atoms with Gasteiger partial charge in [0.1, 0.15) is 0 Å². The van der Waals surface area contributed by atoms with Gasteiger partial charge in [-0.15, -0.1) is 0 Å². The van der Waals surface area contributed by atoms with Crippen molar-refractivity contribution in [1.29, 1.82) is 0 Å². The highest BCUT2D eigenvalue weighted by Crippen LogP contribution is 2.24. The Hall–Kier alpha value is -1.76. The predicted molar refractivity (Wildman–Crippen MR) is 95.2 cm³/mol. The van der Waals surface area contributed by atoms with Crippen LogP contribution in [-0.2, 0) is 20.6 Å². The molecule has 0 bridgehead atoms. The summed E-state index contributed by atoms with van der Waals surface area (Å²) in [5, 5.41) is 0.766. The van der Waals surface area contributed by atoms with E-state index in [1.165, 1.54) is 11.6 Å². The third kappa shape index (κ3) is 3.44. The van der Waals surface area contributed by atoms with Crippen molar-refractivity contribution in [2.45, 2.75) is 38.9 Å². The Kier molecular flexibility index (Phi) is 5.19. The van der Waals surface area contributed by atoms with Gasteiger partial charge in [-0.1, -0.05) is 37.8 Å². The van der Waals surface area contributed by atoms with Crippen LogP contribution in [0.15, 0.2) is 26.9 Å². The largest absolute Gasteiger partial charge is 0.332 e. The number of rotatable bonds is 6. The molecule has 6 nitrogen and oxygen atoms in total. The van der Waals surface area contributed by atoms with E-state index in [1.807, 2.05) is 11.5 Å². The van der Waals surface area contributed by atoms with Gasteiger partial charge in [-0.05, 0) is 19.3 Å². The van der Waals surface area contributed by atoms with E-state index < -0.39 is 0 Å². The van der Waals surface area contributed by atoms with Gasteiger partial charge in [0.15, 0.2) is 16.3 Å². The maximum atomic E-state index is 12.5. The minimum atomic E-state index is -0.360.